The number of piperidine rings is 1. The third kappa shape index (κ3) is 3.60. The molecule has 2 heterocycles. The molecule has 0 saturated carbocycles. The van der Waals surface area contributed by atoms with E-state index in [4.69, 9.17) is 9.47 Å². The molecule has 0 radical (unpaired) electrons. The van der Waals surface area contributed by atoms with Crippen molar-refractivity contribution in [2.75, 3.05) is 27.3 Å². The molecule has 7 nitrogen and oxygen atoms in total. The average molecular weight is 344 g/mol. The number of hydrogen-bond donors (Lipinski definition) is 0. The molecule has 134 valence electrons. The molecule has 1 aromatic heterocycles. The van der Waals surface area contributed by atoms with E-state index in [1.165, 1.54) is 0 Å². The van der Waals surface area contributed by atoms with Gasteiger partial charge in [-0.15, -0.1) is 10.2 Å². The first kappa shape index (κ1) is 17.3. The van der Waals surface area contributed by atoms with Gasteiger partial charge in [0.05, 0.1) is 19.8 Å². The third-order valence-corrected chi connectivity index (χ3v) is 4.81. The molecular formula is C18H24N4O3. The SMILES string of the molecule is COc1cccc(C(=O)N2CCC(Cc3nncn3C)CC2)c1OC. The Morgan fingerprint density at radius 3 is 2.60 bits per heavy atom. The standard InChI is InChI=1S/C18H24N4O3/c1-21-12-19-20-16(21)11-13-7-9-22(10-8-13)18(23)14-5-4-6-15(24-2)17(14)25-3/h4-6,12-13H,7-11H2,1-3H3. The zero-order valence-corrected chi connectivity index (χ0v) is 14.9. The highest BCUT2D eigenvalue weighted by Gasteiger charge is 2.27. The summed E-state index contributed by atoms with van der Waals surface area (Å²) >= 11 is 0. The molecule has 0 N–H and O–H groups in total. The van der Waals surface area contributed by atoms with Crippen LogP contribution in [-0.2, 0) is 13.5 Å². The summed E-state index contributed by atoms with van der Waals surface area (Å²) in [4.78, 5) is 14.8. The number of rotatable bonds is 5. The van der Waals surface area contributed by atoms with E-state index in [1.54, 1.807) is 32.7 Å². The van der Waals surface area contributed by atoms with E-state index in [0.29, 0.717) is 23.0 Å². The van der Waals surface area contributed by atoms with Gasteiger partial charge in [-0.1, -0.05) is 6.07 Å². The number of para-hydroxylation sites is 1. The Balaban J connectivity index is 1.65. The van der Waals surface area contributed by atoms with Gasteiger partial charge in [0.15, 0.2) is 11.5 Å². The van der Waals surface area contributed by atoms with Crippen LogP contribution in [0.3, 0.4) is 0 Å². The Labute approximate surface area is 147 Å². The fraction of sp³-hybridized carbons (Fsp3) is 0.500. The number of amides is 1. The fourth-order valence-corrected chi connectivity index (χ4v) is 3.32. The zero-order chi connectivity index (χ0) is 17.8. The molecule has 3 rings (SSSR count). The molecule has 2 aromatic rings. The summed E-state index contributed by atoms with van der Waals surface area (Å²) in [6, 6.07) is 5.40. The number of methoxy groups -OCH3 is 2. The molecule has 1 aliphatic rings. The maximum Gasteiger partial charge on any atom is 0.257 e. The van der Waals surface area contributed by atoms with Crippen molar-refractivity contribution >= 4 is 5.91 Å². The summed E-state index contributed by atoms with van der Waals surface area (Å²) in [5.41, 5.74) is 0.550. The number of ether oxygens (including phenoxy) is 2. The largest absolute Gasteiger partial charge is 0.493 e. The van der Waals surface area contributed by atoms with Crippen molar-refractivity contribution in [3.8, 4) is 11.5 Å². The summed E-state index contributed by atoms with van der Waals surface area (Å²) in [5, 5.41) is 8.08. The number of benzene rings is 1. The number of hydrogen-bond acceptors (Lipinski definition) is 5. The summed E-state index contributed by atoms with van der Waals surface area (Å²) in [6.07, 6.45) is 4.56. The van der Waals surface area contributed by atoms with Gasteiger partial charge in [0.1, 0.15) is 12.2 Å². The molecule has 1 amide bonds. The Morgan fingerprint density at radius 2 is 2.00 bits per heavy atom. The van der Waals surface area contributed by atoms with Crippen molar-refractivity contribution in [1.82, 2.24) is 19.7 Å². The number of aromatic nitrogens is 3. The van der Waals surface area contributed by atoms with E-state index in [0.717, 1.165) is 38.2 Å². The second-order valence-electron chi connectivity index (χ2n) is 6.34. The molecule has 7 heteroatoms. The summed E-state index contributed by atoms with van der Waals surface area (Å²) in [7, 11) is 5.09. The van der Waals surface area contributed by atoms with E-state index in [9.17, 15) is 4.79 Å². The first-order valence-electron chi connectivity index (χ1n) is 8.47. The predicted molar refractivity (Wildman–Crippen MR) is 92.9 cm³/mol. The predicted octanol–water partition coefficient (Wildman–Crippen LogP) is 1.93. The van der Waals surface area contributed by atoms with Gasteiger partial charge in [-0.25, -0.2) is 0 Å². The highest BCUT2D eigenvalue weighted by molar-refractivity contribution is 5.97. The van der Waals surface area contributed by atoms with Crippen molar-refractivity contribution < 1.29 is 14.3 Å². The maximum atomic E-state index is 12.9. The first-order chi connectivity index (χ1) is 12.1. The molecule has 0 atom stereocenters. The molecule has 1 fully saturated rings. The molecule has 0 bridgehead atoms. The first-order valence-corrected chi connectivity index (χ1v) is 8.47. The smallest absolute Gasteiger partial charge is 0.257 e. The van der Waals surface area contributed by atoms with Gasteiger partial charge >= 0.3 is 0 Å². The van der Waals surface area contributed by atoms with E-state index in [-0.39, 0.29) is 5.91 Å². The third-order valence-electron chi connectivity index (χ3n) is 4.81. The van der Waals surface area contributed by atoms with Crippen molar-refractivity contribution in [2.24, 2.45) is 13.0 Å². The number of nitrogens with zero attached hydrogens (tertiary/aromatic N) is 4. The maximum absolute atomic E-state index is 12.9. The van der Waals surface area contributed by atoms with Crippen molar-refractivity contribution in [1.29, 1.82) is 0 Å². The minimum atomic E-state index is -0.00661. The Kier molecular flexibility index (Phi) is 5.21. The molecule has 0 unspecified atom stereocenters. The lowest BCUT2D eigenvalue weighted by atomic mass is 9.93. The summed E-state index contributed by atoms with van der Waals surface area (Å²) in [6.45, 7) is 1.48. The van der Waals surface area contributed by atoms with Gasteiger partial charge in [0, 0.05) is 26.6 Å². The quantitative estimate of drug-likeness (QED) is 0.829. The van der Waals surface area contributed by atoms with Gasteiger partial charge in [0.2, 0.25) is 0 Å². The van der Waals surface area contributed by atoms with Crippen LogP contribution in [0.25, 0.3) is 0 Å². The van der Waals surface area contributed by atoms with Gasteiger partial charge in [-0.2, -0.15) is 0 Å². The van der Waals surface area contributed by atoms with Gasteiger partial charge in [0.25, 0.3) is 5.91 Å². The Hall–Kier alpha value is -2.57. The molecule has 25 heavy (non-hydrogen) atoms. The van der Waals surface area contributed by atoms with E-state index >= 15 is 0 Å². The Morgan fingerprint density at radius 1 is 1.24 bits per heavy atom. The van der Waals surface area contributed by atoms with Crippen LogP contribution >= 0.6 is 0 Å². The molecule has 0 spiro atoms. The van der Waals surface area contributed by atoms with E-state index < -0.39 is 0 Å². The van der Waals surface area contributed by atoms with Crippen molar-refractivity contribution in [3.63, 3.8) is 0 Å². The van der Waals surface area contributed by atoms with Crippen LogP contribution in [0, 0.1) is 5.92 Å². The molecule has 1 saturated heterocycles. The number of carbonyl (C=O) groups excluding carboxylic acids is 1. The Bertz CT molecular complexity index is 736. The highest BCUT2D eigenvalue weighted by Crippen LogP contribution is 2.32. The molecular weight excluding hydrogens is 320 g/mol. The lowest BCUT2D eigenvalue weighted by Gasteiger charge is -2.32. The normalized spacial score (nSPS) is 15.2. The van der Waals surface area contributed by atoms with Crippen LogP contribution in [0.5, 0.6) is 11.5 Å². The molecule has 0 aliphatic carbocycles. The van der Waals surface area contributed by atoms with Crippen LogP contribution < -0.4 is 9.47 Å². The average Bonchev–Trinajstić information content (AvgIpc) is 3.05. The number of carbonyl (C=O) groups is 1. The minimum Gasteiger partial charge on any atom is -0.493 e. The van der Waals surface area contributed by atoms with Crippen LogP contribution in [0.15, 0.2) is 24.5 Å². The van der Waals surface area contributed by atoms with Gasteiger partial charge in [-0.05, 0) is 30.9 Å². The lowest BCUT2D eigenvalue weighted by Crippen LogP contribution is -2.39. The van der Waals surface area contributed by atoms with Crippen molar-refractivity contribution in [3.05, 3.63) is 35.9 Å². The monoisotopic (exact) mass is 344 g/mol. The highest BCUT2D eigenvalue weighted by atomic mass is 16.5. The fourth-order valence-electron chi connectivity index (χ4n) is 3.32. The van der Waals surface area contributed by atoms with Crippen LogP contribution in [0.1, 0.15) is 29.0 Å². The van der Waals surface area contributed by atoms with Crippen LogP contribution in [0.4, 0.5) is 0 Å². The van der Waals surface area contributed by atoms with Crippen LogP contribution in [-0.4, -0.2) is 52.9 Å². The van der Waals surface area contributed by atoms with Gasteiger partial charge < -0.3 is 18.9 Å². The minimum absolute atomic E-state index is 0.00661. The number of likely N-dealkylation sites (tertiary alicyclic amines) is 1. The summed E-state index contributed by atoms with van der Waals surface area (Å²) in [5.74, 6) is 2.59. The second-order valence-corrected chi connectivity index (χ2v) is 6.34. The number of aryl methyl sites for hydroxylation is 1. The van der Waals surface area contributed by atoms with E-state index in [2.05, 4.69) is 10.2 Å². The van der Waals surface area contributed by atoms with Gasteiger partial charge in [-0.3, -0.25) is 4.79 Å². The lowest BCUT2D eigenvalue weighted by molar-refractivity contribution is 0.0685. The van der Waals surface area contributed by atoms with E-state index in [1.807, 2.05) is 22.6 Å². The zero-order valence-electron chi connectivity index (χ0n) is 14.9. The second kappa shape index (κ2) is 7.55. The topological polar surface area (TPSA) is 69.5 Å². The molecule has 1 aromatic carbocycles. The van der Waals surface area contributed by atoms with Crippen LogP contribution in [0.2, 0.25) is 0 Å². The van der Waals surface area contributed by atoms with Crippen molar-refractivity contribution in [2.45, 2.75) is 19.3 Å². The molecule has 1 aliphatic heterocycles. The summed E-state index contributed by atoms with van der Waals surface area (Å²) < 4.78 is 12.6.